The summed E-state index contributed by atoms with van der Waals surface area (Å²) in [7, 11) is 0. The second-order valence-corrected chi connectivity index (χ2v) is 6.92. The van der Waals surface area contributed by atoms with E-state index in [1.165, 1.54) is 0 Å². The van der Waals surface area contributed by atoms with E-state index in [0.717, 1.165) is 16.9 Å². The van der Waals surface area contributed by atoms with E-state index in [1.807, 2.05) is 59.6 Å². The number of nitrogens with one attached hydrogen (secondary N) is 1. The van der Waals surface area contributed by atoms with Gasteiger partial charge in [0.25, 0.3) is 5.91 Å². The Hall–Kier alpha value is -2.41. The molecule has 0 aromatic heterocycles. The van der Waals surface area contributed by atoms with Crippen molar-refractivity contribution in [1.29, 1.82) is 0 Å². The molecule has 0 saturated carbocycles. The first-order chi connectivity index (χ1) is 13.1. The van der Waals surface area contributed by atoms with Gasteiger partial charge in [0.1, 0.15) is 12.4 Å². The van der Waals surface area contributed by atoms with Gasteiger partial charge >= 0.3 is 0 Å². The number of aliphatic hydroxyl groups excluding tert-OH is 1. The van der Waals surface area contributed by atoms with Crippen molar-refractivity contribution >= 4 is 5.91 Å². The van der Waals surface area contributed by atoms with Crippen LogP contribution in [0.15, 0.2) is 54.6 Å². The van der Waals surface area contributed by atoms with E-state index < -0.39 is 6.04 Å². The van der Waals surface area contributed by atoms with Gasteiger partial charge in [0.15, 0.2) is 0 Å². The molecule has 1 unspecified atom stereocenters. The van der Waals surface area contributed by atoms with Crippen LogP contribution in [0.4, 0.5) is 0 Å². The predicted octanol–water partition coefficient (Wildman–Crippen LogP) is 1.62. The number of aliphatic hydroxyl groups is 1. The Balaban J connectivity index is 1.45. The second kappa shape index (κ2) is 9.50. The summed E-state index contributed by atoms with van der Waals surface area (Å²) >= 11 is 0. The van der Waals surface area contributed by atoms with Crippen LogP contribution in [-0.4, -0.2) is 41.3 Å². The molecule has 0 aliphatic carbocycles. The summed E-state index contributed by atoms with van der Waals surface area (Å²) in [5.41, 5.74) is 11.0. The Morgan fingerprint density at radius 1 is 1.11 bits per heavy atom. The van der Waals surface area contributed by atoms with Crippen LogP contribution in [0.25, 0.3) is 0 Å². The number of rotatable bonds is 7. The molecule has 144 valence electrons. The Bertz CT molecular complexity index is 713. The molecule has 1 aliphatic heterocycles. The second-order valence-electron chi connectivity index (χ2n) is 6.92. The van der Waals surface area contributed by atoms with E-state index in [9.17, 15) is 9.90 Å². The Kier molecular flexibility index (Phi) is 6.81. The summed E-state index contributed by atoms with van der Waals surface area (Å²) in [6, 6.07) is 17.0. The van der Waals surface area contributed by atoms with Crippen molar-refractivity contribution in [3.63, 3.8) is 0 Å². The molecule has 4 N–H and O–H groups in total. The summed E-state index contributed by atoms with van der Waals surface area (Å²) in [5.74, 6) is 0.586. The molecule has 1 aliphatic rings. The zero-order valence-corrected chi connectivity index (χ0v) is 15.4. The minimum Gasteiger partial charge on any atom is -0.489 e. The smallest absolute Gasteiger partial charge is 0.251 e. The van der Waals surface area contributed by atoms with E-state index in [-0.39, 0.29) is 12.0 Å². The third-order valence-corrected chi connectivity index (χ3v) is 4.70. The highest BCUT2D eigenvalue weighted by molar-refractivity contribution is 5.81. The summed E-state index contributed by atoms with van der Waals surface area (Å²) in [5, 5.41) is 11.3. The average molecular weight is 369 g/mol. The van der Waals surface area contributed by atoms with E-state index in [1.54, 1.807) is 0 Å². The first-order valence-electron chi connectivity index (χ1n) is 9.35. The Morgan fingerprint density at radius 2 is 1.78 bits per heavy atom. The molecule has 1 heterocycles. The number of hydrogen-bond donors (Lipinski definition) is 3. The maximum atomic E-state index is 12.3. The van der Waals surface area contributed by atoms with E-state index in [4.69, 9.17) is 10.5 Å². The highest BCUT2D eigenvalue weighted by atomic mass is 16.5. The normalized spacial score (nSPS) is 16.7. The fraction of sp³-hybridized carbons (Fsp3) is 0.381. The number of carbonyl (C=O) groups excluding carboxylic acids is 1. The lowest BCUT2D eigenvalue weighted by Crippen LogP contribution is -2.53. The van der Waals surface area contributed by atoms with Crippen LogP contribution >= 0.6 is 0 Å². The first-order valence-corrected chi connectivity index (χ1v) is 9.35. The summed E-state index contributed by atoms with van der Waals surface area (Å²) in [4.78, 5) is 12.3. The van der Waals surface area contributed by atoms with Gasteiger partial charge in [-0.2, -0.15) is 0 Å². The molecule has 1 fully saturated rings. The standard InChI is InChI=1S/C21H27N3O3/c22-20(21(26)23-24-12-10-18(25)11-13-24)14-16-6-8-19(9-7-16)27-15-17-4-2-1-3-5-17/h1-9,18,20,25H,10-15,22H2,(H,23,26). The molecule has 2 aromatic carbocycles. The SMILES string of the molecule is NC(Cc1ccc(OCc2ccccc2)cc1)C(=O)NN1CCC(O)CC1. The molecule has 3 rings (SSSR count). The van der Waals surface area contributed by atoms with Gasteiger partial charge in [0.05, 0.1) is 12.1 Å². The lowest BCUT2D eigenvalue weighted by Gasteiger charge is -2.30. The highest BCUT2D eigenvalue weighted by Gasteiger charge is 2.21. The van der Waals surface area contributed by atoms with Gasteiger partial charge < -0.3 is 15.6 Å². The third kappa shape index (κ3) is 6.06. The summed E-state index contributed by atoms with van der Waals surface area (Å²) in [6.07, 6.45) is 1.52. The lowest BCUT2D eigenvalue weighted by atomic mass is 10.1. The fourth-order valence-corrected chi connectivity index (χ4v) is 3.03. The van der Waals surface area contributed by atoms with Crippen LogP contribution < -0.4 is 15.9 Å². The van der Waals surface area contributed by atoms with Crippen LogP contribution in [0.1, 0.15) is 24.0 Å². The van der Waals surface area contributed by atoms with Crippen LogP contribution in [0.5, 0.6) is 5.75 Å². The number of benzene rings is 2. The fourth-order valence-electron chi connectivity index (χ4n) is 3.03. The number of amides is 1. The largest absolute Gasteiger partial charge is 0.489 e. The van der Waals surface area contributed by atoms with Crippen LogP contribution in [0.3, 0.4) is 0 Å². The van der Waals surface area contributed by atoms with Crippen molar-refractivity contribution in [1.82, 2.24) is 10.4 Å². The maximum Gasteiger partial charge on any atom is 0.251 e. The van der Waals surface area contributed by atoms with Gasteiger partial charge in [0, 0.05) is 13.1 Å². The number of piperidine rings is 1. The zero-order chi connectivity index (χ0) is 19.1. The molecule has 0 bridgehead atoms. The molecule has 6 heteroatoms. The Morgan fingerprint density at radius 3 is 2.44 bits per heavy atom. The lowest BCUT2D eigenvalue weighted by molar-refractivity contribution is -0.128. The van der Waals surface area contributed by atoms with Gasteiger partial charge in [-0.3, -0.25) is 10.2 Å². The molecule has 0 radical (unpaired) electrons. The number of carbonyl (C=O) groups is 1. The topological polar surface area (TPSA) is 87.8 Å². The molecule has 1 atom stereocenters. The molecule has 6 nitrogen and oxygen atoms in total. The van der Waals surface area contributed by atoms with Gasteiger partial charge in [-0.25, -0.2) is 5.01 Å². The Labute approximate surface area is 159 Å². The number of nitrogens with zero attached hydrogens (tertiary/aromatic N) is 1. The van der Waals surface area contributed by atoms with Crippen molar-refractivity contribution in [2.75, 3.05) is 13.1 Å². The quantitative estimate of drug-likeness (QED) is 0.690. The monoisotopic (exact) mass is 369 g/mol. The van der Waals surface area contributed by atoms with Gasteiger partial charge in [-0.15, -0.1) is 0 Å². The molecular weight excluding hydrogens is 342 g/mol. The summed E-state index contributed by atoms with van der Waals surface area (Å²) in [6.45, 7) is 1.81. The molecule has 2 aromatic rings. The van der Waals surface area contributed by atoms with Gasteiger partial charge in [-0.05, 0) is 42.5 Å². The van der Waals surface area contributed by atoms with E-state index in [0.29, 0.717) is 39.0 Å². The number of ether oxygens (including phenoxy) is 1. The predicted molar refractivity (Wildman–Crippen MR) is 104 cm³/mol. The van der Waals surface area contributed by atoms with Gasteiger partial charge in [-0.1, -0.05) is 42.5 Å². The minimum atomic E-state index is -0.618. The van der Waals surface area contributed by atoms with Gasteiger partial charge in [0.2, 0.25) is 0 Å². The van der Waals surface area contributed by atoms with Crippen molar-refractivity contribution in [3.05, 3.63) is 65.7 Å². The zero-order valence-electron chi connectivity index (χ0n) is 15.4. The minimum absolute atomic E-state index is 0.198. The molecule has 0 spiro atoms. The first kappa shape index (κ1) is 19.4. The van der Waals surface area contributed by atoms with Crippen LogP contribution in [-0.2, 0) is 17.8 Å². The van der Waals surface area contributed by atoms with Crippen molar-refractivity contribution < 1.29 is 14.6 Å². The number of hydrazine groups is 1. The van der Waals surface area contributed by atoms with E-state index >= 15 is 0 Å². The van der Waals surface area contributed by atoms with Crippen molar-refractivity contribution in [2.24, 2.45) is 5.73 Å². The maximum absolute atomic E-state index is 12.3. The molecule has 27 heavy (non-hydrogen) atoms. The average Bonchev–Trinajstić information content (AvgIpc) is 2.70. The number of hydrogen-bond acceptors (Lipinski definition) is 5. The third-order valence-electron chi connectivity index (χ3n) is 4.70. The van der Waals surface area contributed by atoms with E-state index in [2.05, 4.69) is 5.43 Å². The van der Waals surface area contributed by atoms with Crippen LogP contribution in [0.2, 0.25) is 0 Å². The van der Waals surface area contributed by atoms with Crippen LogP contribution in [0, 0.1) is 0 Å². The van der Waals surface area contributed by atoms with Crippen molar-refractivity contribution in [3.8, 4) is 5.75 Å². The summed E-state index contributed by atoms with van der Waals surface area (Å²) < 4.78 is 5.77. The number of nitrogens with two attached hydrogens (primary N) is 1. The highest BCUT2D eigenvalue weighted by Crippen LogP contribution is 2.15. The van der Waals surface area contributed by atoms with Crippen molar-refractivity contribution in [2.45, 2.75) is 38.0 Å². The molecule has 1 saturated heterocycles. The molecular formula is C21H27N3O3. The molecule has 1 amide bonds.